The van der Waals surface area contributed by atoms with Crippen LogP contribution in [0, 0.1) is 12.8 Å². The predicted octanol–water partition coefficient (Wildman–Crippen LogP) is 6.23. The van der Waals surface area contributed by atoms with Crippen LogP contribution in [-0.4, -0.2) is 54.5 Å². The van der Waals surface area contributed by atoms with Gasteiger partial charge in [-0.25, -0.2) is 4.79 Å². The number of ether oxygens (including phenoxy) is 2. The summed E-state index contributed by atoms with van der Waals surface area (Å²) in [7, 11) is 1.67. The Labute approximate surface area is 243 Å². The summed E-state index contributed by atoms with van der Waals surface area (Å²) in [5.74, 6) is 1.86. The van der Waals surface area contributed by atoms with Crippen LogP contribution < -0.4 is 14.8 Å². The molecule has 1 atom stereocenters. The number of hydrogen-bond donors (Lipinski definition) is 1. The van der Waals surface area contributed by atoms with Crippen LogP contribution in [0.3, 0.4) is 0 Å². The SMILES string of the molecule is COc1cc(C[C@H](C)CC(=O)N2CCC(N3CCc4ccccc4NC3=O)CC2)cc(C)c1OCc1ccccc1. The maximum absolute atomic E-state index is 13.2. The molecule has 1 fully saturated rings. The standard InChI is InChI=1S/C34H41N3O4/c1-24(19-27-21-25(2)33(31(22-27)40-3)41-23-26-9-5-4-6-10-26)20-32(38)36-16-14-29(15-17-36)37-18-13-28-11-7-8-12-30(28)35-34(37)39/h4-12,21-22,24,29H,13-20,23H2,1-3H3,(H,35,39)/t24-/m0/s1. The van der Waals surface area contributed by atoms with Crippen LogP contribution in [0.2, 0.25) is 0 Å². The Morgan fingerprint density at radius 2 is 1.73 bits per heavy atom. The highest BCUT2D eigenvalue weighted by atomic mass is 16.5. The maximum atomic E-state index is 13.2. The highest BCUT2D eigenvalue weighted by Crippen LogP contribution is 2.34. The zero-order valence-corrected chi connectivity index (χ0v) is 24.4. The van der Waals surface area contributed by atoms with Gasteiger partial charge in [0.1, 0.15) is 6.61 Å². The van der Waals surface area contributed by atoms with Crippen molar-refractivity contribution in [2.75, 3.05) is 32.1 Å². The molecule has 0 bridgehead atoms. The second-order valence-corrected chi connectivity index (χ2v) is 11.4. The molecule has 2 heterocycles. The van der Waals surface area contributed by atoms with Crippen LogP contribution >= 0.6 is 0 Å². The summed E-state index contributed by atoms with van der Waals surface area (Å²) < 4.78 is 11.8. The molecule has 1 saturated heterocycles. The Bertz CT molecular complexity index is 1350. The summed E-state index contributed by atoms with van der Waals surface area (Å²) >= 11 is 0. The van der Waals surface area contributed by atoms with Crippen molar-refractivity contribution in [2.24, 2.45) is 5.92 Å². The van der Waals surface area contributed by atoms with Crippen molar-refractivity contribution in [3.63, 3.8) is 0 Å². The highest BCUT2D eigenvalue weighted by Gasteiger charge is 2.31. The number of carbonyl (C=O) groups is 2. The van der Waals surface area contributed by atoms with Crippen molar-refractivity contribution in [3.05, 3.63) is 89.0 Å². The van der Waals surface area contributed by atoms with Crippen molar-refractivity contribution in [1.82, 2.24) is 9.80 Å². The van der Waals surface area contributed by atoms with Gasteiger partial charge in [0.25, 0.3) is 0 Å². The third kappa shape index (κ3) is 7.02. The molecule has 2 aliphatic rings. The number of methoxy groups -OCH3 is 1. The van der Waals surface area contributed by atoms with E-state index in [4.69, 9.17) is 9.47 Å². The molecule has 2 aliphatic heterocycles. The summed E-state index contributed by atoms with van der Waals surface area (Å²) in [5.41, 5.74) is 5.35. The number of benzene rings is 3. The fraction of sp³-hybridized carbons (Fsp3) is 0.412. The molecule has 0 unspecified atom stereocenters. The van der Waals surface area contributed by atoms with Crippen molar-refractivity contribution in [1.29, 1.82) is 0 Å². The number of aryl methyl sites for hydroxylation is 1. The van der Waals surface area contributed by atoms with E-state index in [1.807, 2.05) is 71.3 Å². The van der Waals surface area contributed by atoms with E-state index in [0.29, 0.717) is 32.7 Å². The molecule has 3 aromatic rings. The van der Waals surface area contributed by atoms with Gasteiger partial charge >= 0.3 is 6.03 Å². The smallest absolute Gasteiger partial charge is 0.322 e. The first-order valence-corrected chi connectivity index (χ1v) is 14.7. The molecule has 3 amide bonds. The Morgan fingerprint density at radius 1 is 1.00 bits per heavy atom. The fourth-order valence-corrected chi connectivity index (χ4v) is 6.06. The minimum Gasteiger partial charge on any atom is -0.493 e. The van der Waals surface area contributed by atoms with Crippen LogP contribution in [0.4, 0.5) is 10.5 Å². The fourth-order valence-electron chi connectivity index (χ4n) is 6.06. The zero-order chi connectivity index (χ0) is 28.8. The normalized spacial score (nSPS) is 16.4. The number of para-hydroxylation sites is 1. The molecule has 216 valence electrons. The molecule has 0 saturated carbocycles. The summed E-state index contributed by atoms with van der Waals surface area (Å²) in [5, 5.41) is 3.07. The zero-order valence-electron chi connectivity index (χ0n) is 24.4. The number of hydrogen-bond acceptors (Lipinski definition) is 4. The Hall–Kier alpha value is -4.00. The van der Waals surface area contributed by atoms with E-state index in [2.05, 4.69) is 24.4 Å². The summed E-state index contributed by atoms with van der Waals surface area (Å²) in [6, 6.07) is 22.4. The van der Waals surface area contributed by atoms with Crippen molar-refractivity contribution < 1.29 is 19.1 Å². The van der Waals surface area contributed by atoms with E-state index in [0.717, 1.165) is 59.6 Å². The molecule has 5 rings (SSSR count). The van der Waals surface area contributed by atoms with Gasteiger partial charge in [-0.2, -0.15) is 0 Å². The first-order chi connectivity index (χ1) is 19.9. The lowest BCUT2D eigenvalue weighted by Gasteiger charge is -2.38. The Kier molecular flexibility index (Phi) is 9.12. The number of nitrogens with zero attached hydrogens (tertiary/aromatic N) is 2. The highest BCUT2D eigenvalue weighted by molar-refractivity contribution is 5.91. The third-order valence-electron chi connectivity index (χ3n) is 8.25. The van der Waals surface area contributed by atoms with Gasteiger partial charge in [0.15, 0.2) is 11.5 Å². The van der Waals surface area contributed by atoms with E-state index in [1.54, 1.807) is 7.11 Å². The number of anilines is 1. The van der Waals surface area contributed by atoms with Gasteiger partial charge in [-0.15, -0.1) is 0 Å². The second kappa shape index (κ2) is 13.1. The Balaban J connectivity index is 1.12. The number of nitrogens with one attached hydrogen (secondary N) is 1. The minimum atomic E-state index is -0.0319. The first kappa shape index (κ1) is 28.5. The summed E-state index contributed by atoms with van der Waals surface area (Å²) in [6.45, 7) is 6.73. The lowest BCUT2D eigenvalue weighted by atomic mass is 9.95. The number of piperidine rings is 1. The molecular weight excluding hydrogens is 514 g/mol. The number of fused-ring (bicyclic) bond motifs is 1. The van der Waals surface area contributed by atoms with Gasteiger partial charge in [0.2, 0.25) is 5.91 Å². The summed E-state index contributed by atoms with van der Waals surface area (Å²) in [4.78, 5) is 30.1. The average Bonchev–Trinajstić information content (AvgIpc) is 3.15. The van der Waals surface area contributed by atoms with Gasteiger partial charge in [-0.05, 0) is 72.9 Å². The van der Waals surface area contributed by atoms with Crippen LogP contribution in [0.5, 0.6) is 11.5 Å². The molecule has 3 aromatic carbocycles. The van der Waals surface area contributed by atoms with Gasteiger partial charge in [-0.1, -0.05) is 61.5 Å². The molecule has 1 N–H and O–H groups in total. The van der Waals surface area contributed by atoms with E-state index >= 15 is 0 Å². The number of carbonyl (C=O) groups excluding carboxylic acids is 2. The molecule has 0 spiro atoms. The molecule has 7 heteroatoms. The molecule has 0 radical (unpaired) electrons. The van der Waals surface area contributed by atoms with Gasteiger partial charge < -0.3 is 24.6 Å². The largest absolute Gasteiger partial charge is 0.493 e. The molecule has 7 nitrogen and oxygen atoms in total. The topological polar surface area (TPSA) is 71.1 Å². The van der Waals surface area contributed by atoms with Gasteiger partial charge in [0.05, 0.1) is 7.11 Å². The molecule has 0 aliphatic carbocycles. The maximum Gasteiger partial charge on any atom is 0.322 e. The van der Waals surface area contributed by atoms with E-state index in [-0.39, 0.29) is 23.9 Å². The quantitative estimate of drug-likeness (QED) is 0.340. The minimum absolute atomic E-state index is 0.0319. The van der Waals surface area contributed by atoms with Crippen LogP contribution in [0.25, 0.3) is 0 Å². The van der Waals surface area contributed by atoms with Crippen molar-refractivity contribution in [3.8, 4) is 11.5 Å². The Morgan fingerprint density at radius 3 is 2.49 bits per heavy atom. The molecule has 0 aromatic heterocycles. The van der Waals surface area contributed by atoms with E-state index < -0.39 is 0 Å². The predicted molar refractivity (Wildman–Crippen MR) is 161 cm³/mol. The number of likely N-dealkylation sites (tertiary alicyclic amines) is 1. The number of amides is 3. The van der Waals surface area contributed by atoms with Crippen LogP contribution in [-0.2, 0) is 24.2 Å². The number of urea groups is 1. The third-order valence-corrected chi connectivity index (χ3v) is 8.25. The van der Waals surface area contributed by atoms with E-state index in [1.165, 1.54) is 5.56 Å². The monoisotopic (exact) mass is 555 g/mol. The number of rotatable bonds is 9. The first-order valence-electron chi connectivity index (χ1n) is 14.7. The van der Waals surface area contributed by atoms with Crippen LogP contribution in [0.1, 0.15) is 48.4 Å². The van der Waals surface area contributed by atoms with Crippen molar-refractivity contribution >= 4 is 17.6 Å². The van der Waals surface area contributed by atoms with Crippen molar-refractivity contribution in [2.45, 2.75) is 58.6 Å². The lowest BCUT2D eigenvalue weighted by molar-refractivity contribution is -0.133. The molecular formula is C34H41N3O4. The molecule has 41 heavy (non-hydrogen) atoms. The second-order valence-electron chi connectivity index (χ2n) is 11.4. The summed E-state index contributed by atoms with van der Waals surface area (Å²) in [6.07, 6.45) is 3.75. The van der Waals surface area contributed by atoms with E-state index in [9.17, 15) is 9.59 Å². The van der Waals surface area contributed by atoms with Crippen LogP contribution in [0.15, 0.2) is 66.7 Å². The average molecular weight is 556 g/mol. The van der Waals surface area contributed by atoms with Gasteiger partial charge in [-0.3, -0.25) is 4.79 Å². The lowest BCUT2D eigenvalue weighted by Crippen LogP contribution is -2.50. The van der Waals surface area contributed by atoms with Gasteiger partial charge in [0, 0.05) is 37.8 Å².